The molecule has 0 aromatic heterocycles. The van der Waals surface area contributed by atoms with E-state index in [0.717, 1.165) is 0 Å². The second kappa shape index (κ2) is 9.53. The Balaban J connectivity index is 2.75. The van der Waals surface area contributed by atoms with Gasteiger partial charge in [-0.05, 0) is 18.4 Å². The van der Waals surface area contributed by atoms with E-state index in [1.165, 1.54) is 14.2 Å². The average molecular weight is 304 g/mol. The summed E-state index contributed by atoms with van der Waals surface area (Å²) >= 11 is 0. The molecule has 2 atom stereocenters. The molecule has 0 aliphatic rings. The van der Waals surface area contributed by atoms with Crippen LogP contribution in [0.15, 0.2) is 30.3 Å². The smallest absolute Gasteiger partial charge is 0.328 e. The average Bonchev–Trinajstić information content (AvgIpc) is 2.55. The zero-order valence-corrected chi connectivity index (χ0v) is 12.7. The maximum absolute atomic E-state index is 12.3. The highest BCUT2D eigenvalue weighted by Gasteiger charge is 2.26. The minimum absolute atomic E-state index is 0.315. The molecule has 1 aromatic rings. The van der Waals surface area contributed by atoms with Gasteiger partial charge in [0, 0.05) is 13.5 Å². The fourth-order valence-electron chi connectivity index (χ4n) is 2.05. The van der Waals surface area contributed by atoms with Crippen molar-refractivity contribution < 1.29 is 19.1 Å². The van der Waals surface area contributed by atoms with Crippen LogP contribution in [-0.4, -0.2) is 32.1 Å². The lowest BCUT2D eigenvalue weighted by Gasteiger charge is -2.20. The third-order valence-corrected chi connectivity index (χ3v) is 3.16. The van der Waals surface area contributed by atoms with Gasteiger partial charge < -0.3 is 14.8 Å². The number of methoxy groups -OCH3 is 2. The van der Waals surface area contributed by atoms with Crippen molar-refractivity contribution in [3.05, 3.63) is 35.9 Å². The molecule has 118 valence electrons. The SMILES string of the molecule is COC(=O)[C@H](CCCC#N)NC(=O)[C@H](OC)c1ccccc1. The van der Waals surface area contributed by atoms with Crippen LogP contribution in [0.3, 0.4) is 0 Å². The summed E-state index contributed by atoms with van der Waals surface area (Å²) in [6, 6.07) is 10.2. The van der Waals surface area contributed by atoms with Crippen molar-refractivity contribution in [2.45, 2.75) is 31.4 Å². The van der Waals surface area contributed by atoms with Crippen LogP contribution < -0.4 is 5.32 Å². The third-order valence-electron chi connectivity index (χ3n) is 3.16. The van der Waals surface area contributed by atoms with Crippen molar-refractivity contribution in [1.82, 2.24) is 5.32 Å². The van der Waals surface area contributed by atoms with Crippen molar-refractivity contribution in [2.75, 3.05) is 14.2 Å². The molecule has 1 aromatic carbocycles. The number of unbranched alkanes of at least 4 members (excludes halogenated alkanes) is 1. The molecular formula is C16H20N2O4. The quantitative estimate of drug-likeness (QED) is 0.583. The van der Waals surface area contributed by atoms with Crippen LogP contribution >= 0.6 is 0 Å². The minimum Gasteiger partial charge on any atom is -0.467 e. The Labute approximate surface area is 130 Å². The first kappa shape index (κ1) is 17.7. The number of rotatable bonds is 8. The number of nitriles is 1. The van der Waals surface area contributed by atoms with Gasteiger partial charge in [0.05, 0.1) is 13.2 Å². The lowest BCUT2D eigenvalue weighted by atomic mass is 10.1. The second-order valence-electron chi connectivity index (χ2n) is 4.66. The summed E-state index contributed by atoms with van der Waals surface area (Å²) in [5, 5.41) is 11.2. The molecule has 0 spiro atoms. The normalized spacial score (nSPS) is 12.8. The number of nitrogens with zero attached hydrogens (tertiary/aromatic N) is 1. The summed E-state index contributed by atoms with van der Waals surface area (Å²) in [4.78, 5) is 24.1. The number of carbonyl (C=O) groups is 2. The van der Waals surface area contributed by atoms with Crippen LogP contribution in [0.4, 0.5) is 0 Å². The zero-order valence-electron chi connectivity index (χ0n) is 12.7. The summed E-state index contributed by atoms with van der Waals surface area (Å²) in [6.45, 7) is 0. The molecular weight excluding hydrogens is 284 g/mol. The lowest BCUT2D eigenvalue weighted by Crippen LogP contribution is -2.44. The predicted molar refractivity (Wildman–Crippen MR) is 79.6 cm³/mol. The van der Waals surface area contributed by atoms with E-state index in [1.54, 1.807) is 24.3 Å². The fraction of sp³-hybridized carbons (Fsp3) is 0.438. The van der Waals surface area contributed by atoms with E-state index < -0.39 is 24.0 Å². The highest BCUT2D eigenvalue weighted by atomic mass is 16.5. The zero-order chi connectivity index (χ0) is 16.4. The number of nitrogens with one attached hydrogen (secondary N) is 1. The molecule has 0 aliphatic heterocycles. The Hall–Kier alpha value is -2.39. The minimum atomic E-state index is -0.802. The number of esters is 1. The monoisotopic (exact) mass is 304 g/mol. The van der Waals surface area contributed by atoms with Gasteiger partial charge >= 0.3 is 5.97 Å². The highest BCUT2D eigenvalue weighted by molar-refractivity contribution is 5.87. The first-order valence-electron chi connectivity index (χ1n) is 6.97. The van der Waals surface area contributed by atoms with Crippen LogP contribution in [-0.2, 0) is 19.1 Å². The molecule has 22 heavy (non-hydrogen) atoms. The van der Waals surface area contributed by atoms with Crippen molar-refractivity contribution in [3.63, 3.8) is 0 Å². The van der Waals surface area contributed by atoms with Gasteiger partial charge in [0.25, 0.3) is 5.91 Å². The maximum Gasteiger partial charge on any atom is 0.328 e. The van der Waals surface area contributed by atoms with E-state index in [9.17, 15) is 9.59 Å². The molecule has 0 unspecified atom stereocenters. The Bertz CT molecular complexity index is 525. The van der Waals surface area contributed by atoms with Crippen LogP contribution in [0.25, 0.3) is 0 Å². The molecule has 0 saturated carbocycles. The van der Waals surface area contributed by atoms with Gasteiger partial charge in [-0.15, -0.1) is 0 Å². The Morgan fingerprint density at radius 1 is 1.27 bits per heavy atom. The van der Waals surface area contributed by atoms with E-state index in [2.05, 4.69) is 10.1 Å². The van der Waals surface area contributed by atoms with E-state index >= 15 is 0 Å². The van der Waals surface area contributed by atoms with Gasteiger partial charge in [0.15, 0.2) is 6.10 Å². The van der Waals surface area contributed by atoms with Crippen molar-refractivity contribution in [3.8, 4) is 6.07 Å². The summed E-state index contributed by atoms with van der Waals surface area (Å²) in [6.07, 6.45) is 0.358. The molecule has 0 radical (unpaired) electrons. The summed E-state index contributed by atoms with van der Waals surface area (Å²) in [5.41, 5.74) is 0.697. The van der Waals surface area contributed by atoms with E-state index in [-0.39, 0.29) is 0 Å². The van der Waals surface area contributed by atoms with Gasteiger partial charge in [-0.1, -0.05) is 30.3 Å². The van der Waals surface area contributed by atoms with Gasteiger partial charge in [0.1, 0.15) is 6.04 Å². The largest absolute Gasteiger partial charge is 0.467 e. The van der Waals surface area contributed by atoms with Gasteiger partial charge in [-0.25, -0.2) is 4.79 Å². The van der Waals surface area contributed by atoms with Crippen LogP contribution in [0, 0.1) is 11.3 Å². The van der Waals surface area contributed by atoms with Crippen LogP contribution in [0.1, 0.15) is 30.9 Å². The van der Waals surface area contributed by atoms with Crippen molar-refractivity contribution >= 4 is 11.9 Å². The molecule has 6 nitrogen and oxygen atoms in total. The maximum atomic E-state index is 12.3. The third kappa shape index (κ3) is 5.19. The topological polar surface area (TPSA) is 88.4 Å². The van der Waals surface area contributed by atoms with Crippen LogP contribution in [0.5, 0.6) is 0 Å². The standard InChI is InChI=1S/C16H20N2O4/c1-21-14(12-8-4-3-5-9-12)15(19)18-13(16(20)22-2)10-6-7-11-17/h3-5,8-9,13-14H,6-7,10H2,1-2H3,(H,18,19)/t13-,14+/m0/s1. The summed E-state index contributed by atoms with van der Waals surface area (Å²) < 4.78 is 9.91. The molecule has 0 heterocycles. The lowest BCUT2D eigenvalue weighted by molar-refractivity contribution is -0.147. The number of carbonyl (C=O) groups excluding carboxylic acids is 2. The summed E-state index contributed by atoms with van der Waals surface area (Å²) in [5.74, 6) is -0.949. The van der Waals surface area contributed by atoms with E-state index in [4.69, 9.17) is 10.00 Å². The molecule has 1 rings (SSSR count). The molecule has 1 amide bonds. The molecule has 0 bridgehead atoms. The predicted octanol–water partition coefficient (Wildman–Crippen LogP) is 1.73. The number of ether oxygens (including phenoxy) is 2. The fourth-order valence-corrected chi connectivity index (χ4v) is 2.05. The molecule has 0 saturated heterocycles. The molecule has 0 fully saturated rings. The van der Waals surface area contributed by atoms with Crippen LogP contribution in [0.2, 0.25) is 0 Å². The first-order valence-corrected chi connectivity index (χ1v) is 6.97. The Kier molecular flexibility index (Phi) is 7.65. The van der Waals surface area contributed by atoms with E-state index in [1.807, 2.05) is 12.1 Å². The van der Waals surface area contributed by atoms with Gasteiger partial charge in [-0.2, -0.15) is 5.26 Å². The number of hydrogen-bond acceptors (Lipinski definition) is 5. The second-order valence-corrected chi connectivity index (χ2v) is 4.66. The van der Waals surface area contributed by atoms with E-state index in [0.29, 0.717) is 24.8 Å². The summed E-state index contributed by atoms with van der Waals surface area (Å²) in [7, 11) is 2.69. The van der Waals surface area contributed by atoms with Crippen molar-refractivity contribution in [2.24, 2.45) is 0 Å². The highest BCUT2D eigenvalue weighted by Crippen LogP contribution is 2.17. The number of amides is 1. The first-order chi connectivity index (χ1) is 10.6. The number of benzene rings is 1. The Morgan fingerprint density at radius 3 is 2.50 bits per heavy atom. The Morgan fingerprint density at radius 2 is 1.95 bits per heavy atom. The number of hydrogen-bond donors (Lipinski definition) is 1. The molecule has 1 N–H and O–H groups in total. The van der Waals surface area contributed by atoms with Crippen molar-refractivity contribution in [1.29, 1.82) is 5.26 Å². The van der Waals surface area contributed by atoms with Gasteiger partial charge in [0.2, 0.25) is 0 Å². The van der Waals surface area contributed by atoms with Gasteiger partial charge in [-0.3, -0.25) is 4.79 Å². The molecule has 0 aliphatic carbocycles. The molecule has 6 heteroatoms.